The van der Waals surface area contributed by atoms with Crippen LogP contribution in [0.3, 0.4) is 0 Å². The van der Waals surface area contributed by atoms with Crippen LogP contribution in [0.1, 0.15) is 57.4 Å². The monoisotopic (exact) mass is 488 g/mol. The number of anilines is 1. The number of carbonyl (C=O) groups is 3. The lowest BCUT2D eigenvalue weighted by atomic mass is 10.0. The van der Waals surface area contributed by atoms with Crippen molar-refractivity contribution in [3.63, 3.8) is 0 Å². The molecule has 0 bridgehead atoms. The van der Waals surface area contributed by atoms with E-state index in [9.17, 15) is 14.4 Å². The molecule has 3 rings (SSSR count). The van der Waals surface area contributed by atoms with Crippen molar-refractivity contribution in [2.24, 2.45) is 5.73 Å². The van der Waals surface area contributed by atoms with Crippen molar-refractivity contribution in [1.82, 2.24) is 19.5 Å². The van der Waals surface area contributed by atoms with Crippen LogP contribution in [0.2, 0.25) is 0 Å². The summed E-state index contributed by atoms with van der Waals surface area (Å²) in [5, 5.41) is 3.12. The molecule has 184 valence electrons. The average Bonchev–Trinajstić information content (AvgIpc) is 3.45. The Morgan fingerprint density at radius 3 is 2.35 bits per heavy atom. The summed E-state index contributed by atoms with van der Waals surface area (Å²) in [6, 6.07) is 6.24. The largest absolute Gasteiger partial charge is 0.497 e. The number of primary amides is 1. The van der Waals surface area contributed by atoms with Crippen LogP contribution in [0.4, 0.5) is 5.69 Å². The fraction of sp³-hybridized carbons (Fsp3) is 0.478. The number of nitrogen functional groups attached to an aromatic ring is 1. The Kier molecular flexibility index (Phi) is 8.46. The number of nitrogens with zero attached hydrogens (tertiary/aromatic N) is 3. The maximum absolute atomic E-state index is 13.7. The van der Waals surface area contributed by atoms with Crippen molar-refractivity contribution >= 4 is 34.9 Å². The first kappa shape index (κ1) is 25.4. The zero-order chi connectivity index (χ0) is 24.8. The van der Waals surface area contributed by atoms with Crippen molar-refractivity contribution in [2.45, 2.75) is 37.8 Å². The van der Waals surface area contributed by atoms with Crippen LogP contribution in [-0.4, -0.2) is 72.2 Å². The number of nitrogens with two attached hydrogens (primary N) is 2. The topological polar surface area (TPSA) is 144 Å². The molecule has 0 radical (unpaired) electrons. The van der Waals surface area contributed by atoms with Gasteiger partial charge in [-0.05, 0) is 56.2 Å². The van der Waals surface area contributed by atoms with Crippen molar-refractivity contribution in [3.05, 3.63) is 40.4 Å². The third kappa shape index (κ3) is 5.84. The number of likely N-dealkylation sites (N-methyl/N-ethyl adjacent to an activating group) is 1. The van der Waals surface area contributed by atoms with E-state index in [1.165, 1.54) is 4.90 Å². The van der Waals surface area contributed by atoms with Crippen LogP contribution in [0.25, 0.3) is 0 Å². The number of rotatable bonds is 10. The molecule has 1 aromatic carbocycles. The molecule has 0 aliphatic heterocycles. The van der Waals surface area contributed by atoms with E-state index >= 15 is 0 Å². The van der Waals surface area contributed by atoms with Gasteiger partial charge in [-0.2, -0.15) is 4.37 Å². The summed E-state index contributed by atoms with van der Waals surface area (Å²) in [7, 11) is 5.33. The molecule has 0 spiro atoms. The van der Waals surface area contributed by atoms with E-state index in [1.54, 1.807) is 31.4 Å². The lowest BCUT2D eigenvalue weighted by Crippen LogP contribution is -2.48. The summed E-state index contributed by atoms with van der Waals surface area (Å²) < 4.78 is 9.22. The predicted molar refractivity (Wildman–Crippen MR) is 131 cm³/mol. The fourth-order valence-electron chi connectivity index (χ4n) is 4.02. The third-order valence-corrected chi connectivity index (χ3v) is 6.75. The molecule has 1 saturated carbocycles. The number of ether oxygens (including phenoxy) is 1. The molecule has 10 nitrogen and oxygen atoms in total. The minimum Gasteiger partial charge on any atom is -0.497 e. The Labute approximate surface area is 203 Å². The lowest BCUT2D eigenvalue weighted by molar-refractivity contribution is -0.126. The van der Waals surface area contributed by atoms with E-state index < -0.39 is 17.9 Å². The molecule has 1 aliphatic rings. The molecule has 1 atom stereocenters. The highest BCUT2D eigenvalue weighted by atomic mass is 32.1. The van der Waals surface area contributed by atoms with Gasteiger partial charge in [0.05, 0.1) is 12.8 Å². The number of benzene rings is 1. The van der Waals surface area contributed by atoms with Gasteiger partial charge in [-0.1, -0.05) is 25.0 Å². The first-order chi connectivity index (χ1) is 16.2. The van der Waals surface area contributed by atoms with Gasteiger partial charge in [0, 0.05) is 19.1 Å². The first-order valence-electron chi connectivity index (χ1n) is 11.2. The van der Waals surface area contributed by atoms with E-state index in [-0.39, 0.29) is 34.8 Å². The van der Waals surface area contributed by atoms with E-state index in [0.717, 1.165) is 37.2 Å². The van der Waals surface area contributed by atoms with E-state index in [2.05, 4.69) is 9.69 Å². The third-order valence-electron chi connectivity index (χ3n) is 5.90. The number of hydrogen-bond donors (Lipinski definition) is 3. The van der Waals surface area contributed by atoms with Crippen LogP contribution in [0.15, 0.2) is 24.3 Å². The van der Waals surface area contributed by atoms with Gasteiger partial charge in [-0.15, -0.1) is 0 Å². The summed E-state index contributed by atoms with van der Waals surface area (Å²) in [6.45, 7) is 0.764. The molecule has 1 aromatic heterocycles. The molecular formula is C23H32N6O4S. The van der Waals surface area contributed by atoms with Gasteiger partial charge in [0.1, 0.15) is 16.7 Å². The summed E-state index contributed by atoms with van der Waals surface area (Å²) in [6.07, 6.45) is 3.95. The molecule has 1 aliphatic carbocycles. The van der Waals surface area contributed by atoms with E-state index in [1.807, 2.05) is 19.0 Å². The number of amides is 3. The zero-order valence-electron chi connectivity index (χ0n) is 19.7. The van der Waals surface area contributed by atoms with Gasteiger partial charge in [-0.25, -0.2) is 0 Å². The van der Waals surface area contributed by atoms with Crippen molar-refractivity contribution in [1.29, 1.82) is 0 Å². The molecule has 2 aromatic rings. The van der Waals surface area contributed by atoms with Gasteiger partial charge in [0.2, 0.25) is 5.91 Å². The fourth-order valence-corrected chi connectivity index (χ4v) is 4.79. The molecule has 0 saturated heterocycles. The number of aromatic nitrogens is 1. The average molecular weight is 489 g/mol. The predicted octanol–water partition coefficient (Wildman–Crippen LogP) is 1.64. The van der Waals surface area contributed by atoms with Crippen LogP contribution < -0.4 is 21.5 Å². The maximum atomic E-state index is 13.7. The van der Waals surface area contributed by atoms with E-state index in [4.69, 9.17) is 16.2 Å². The highest BCUT2D eigenvalue weighted by molar-refractivity contribution is 7.09. The summed E-state index contributed by atoms with van der Waals surface area (Å²) >= 11 is 0.806. The van der Waals surface area contributed by atoms with Crippen molar-refractivity contribution in [3.8, 4) is 5.75 Å². The van der Waals surface area contributed by atoms with Gasteiger partial charge in [0.25, 0.3) is 11.8 Å². The summed E-state index contributed by atoms with van der Waals surface area (Å²) in [5.74, 6) is -0.907. The van der Waals surface area contributed by atoms with E-state index in [0.29, 0.717) is 17.9 Å². The Morgan fingerprint density at radius 2 is 1.82 bits per heavy atom. The Morgan fingerprint density at radius 1 is 1.18 bits per heavy atom. The molecule has 3 amide bonds. The number of nitrogens with one attached hydrogen (secondary N) is 1. The Hall–Kier alpha value is -3.18. The highest BCUT2D eigenvalue weighted by Crippen LogP contribution is 2.30. The lowest BCUT2D eigenvalue weighted by Gasteiger charge is -2.33. The van der Waals surface area contributed by atoms with Gasteiger partial charge in [-0.3, -0.25) is 14.4 Å². The first-order valence-corrected chi connectivity index (χ1v) is 11.9. The molecule has 1 heterocycles. The quantitative estimate of drug-likeness (QED) is 0.461. The second kappa shape index (κ2) is 11.3. The number of methoxy groups -OCH3 is 1. The smallest absolute Gasteiger partial charge is 0.270 e. The SMILES string of the molecule is COc1ccc([C@H](C(=O)NC2CCCC2)N(CCN(C)C)C(=O)c2snc(C(N)=O)c2N)cc1. The van der Waals surface area contributed by atoms with Gasteiger partial charge < -0.3 is 31.3 Å². The molecular weight excluding hydrogens is 456 g/mol. The minimum absolute atomic E-state index is 0.0676. The number of carbonyl (C=O) groups excluding carboxylic acids is 3. The Bertz CT molecular complexity index is 1020. The van der Waals surface area contributed by atoms with Crippen molar-refractivity contribution < 1.29 is 19.1 Å². The Balaban J connectivity index is 2.03. The standard InChI is InChI=1S/C23H32N6O4S/c1-28(2)12-13-29(23(32)20-17(24)18(21(25)30)27-34-20)19(14-8-10-16(33-3)11-9-14)22(31)26-15-6-4-5-7-15/h8-11,15,19H,4-7,12-13,24H2,1-3H3,(H2,25,30)(H,26,31)/t19-/m1/s1. The van der Waals surface area contributed by atoms with Crippen molar-refractivity contribution in [2.75, 3.05) is 40.0 Å². The van der Waals surface area contributed by atoms with Gasteiger partial charge in [0.15, 0.2) is 5.69 Å². The highest BCUT2D eigenvalue weighted by Gasteiger charge is 2.35. The molecule has 0 unspecified atom stereocenters. The van der Waals surface area contributed by atoms with Crippen LogP contribution in [0.5, 0.6) is 5.75 Å². The molecule has 34 heavy (non-hydrogen) atoms. The molecule has 1 fully saturated rings. The number of hydrogen-bond acceptors (Lipinski definition) is 8. The minimum atomic E-state index is -0.905. The molecule has 5 N–H and O–H groups in total. The van der Waals surface area contributed by atoms with Crippen LogP contribution >= 0.6 is 11.5 Å². The summed E-state index contributed by atoms with van der Waals surface area (Å²) in [4.78, 5) is 42.5. The van der Waals surface area contributed by atoms with Crippen LogP contribution in [-0.2, 0) is 4.79 Å². The normalized spacial score (nSPS) is 14.7. The van der Waals surface area contributed by atoms with Crippen LogP contribution in [0, 0.1) is 0 Å². The second-order valence-electron chi connectivity index (χ2n) is 8.61. The zero-order valence-corrected chi connectivity index (χ0v) is 20.6. The maximum Gasteiger partial charge on any atom is 0.270 e. The van der Waals surface area contributed by atoms with Gasteiger partial charge >= 0.3 is 0 Å². The second-order valence-corrected chi connectivity index (χ2v) is 9.38. The summed E-state index contributed by atoms with van der Waals surface area (Å²) in [5.41, 5.74) is 11.8. The molecule has 11 heteroatoms.